The van der Waals surface area contributed by atoms with Gasteiger partial charge >= 0.3 is 6.18 Å². The summed E-state index contributed by atoms with van der Waals surface area (Å²) in [4.78, 5) is 9.99. The van der Waals surface area contributed by atoms with Crippen molar-refractivity contribution in [3.05, 3.63) is 47.7 Å². The molecule has 0 radical (unpaired) electrons. The largest absolute Gasteiger partial charge is 0.433 e. The maximum absolute atomic E-state index is 13.5. The molecule has 33 heavy (non-hydrogen) atoms. The van der Waals surface area contributed by atoms with Gasteiger partial charge in [0.05, 0.1) is 0 Å². The average Bonchev–Trinajstić information content (AvgIpc) is 3.28. The summed E-state index contributed by atoms with van der Waals surface area (Å²) in [5.74, 6) is 0.559. The van der Waals surface area contributed by atoms with Crippen molar-refractivity contribution < 1.29 is 13.2 Å². The van der Waals surface area contributed by atoms with E-state index in [4.69, 9.17) is 12.2 Å². The first-order chi connectivity index (χ1) is 15.7. The second-order valence-electron chi connectivity index (χ2n) is 9.29. The Labute approximate surface area is 198 Å². The van der Waals surface area contributed by atoms with E-state index >= 15 is 0 Å². The van der Waals surface area contributed by atoms with Crippen LogP contribution < -0.4 is 15.5 Å². The molecule has 2 N–H and O–H groups in total. The van der Waals surface area contributed by atoms with E-state index in [0.29, 0.717) is 25.6 Å². The van der Waals surface area contributed by atoms with Crippen molar-refractivity contribution in [1.29, 1.82) is 0 Å². The third-order valence-corrected chi connectivity index (χ3v) is 6.99. The number of nitrogens with zero attached hydrogens (tertiary/aromatic N) is 3. The molecular weight excluding hydrogens is 447 g/mol. The minimum atomic E-state index is -4.56. The van der Waals surface area contributed by atoms with Gasteiger partial charge in [0.1, 0.15) is 5.82 Å². The van der Waals surface area contributed by atoms with Gasteiger partial charge in [-0.05, 0) is 49.4 Å². The lowest BCUT2D eigenvalue weighted by atomic mass is 9.79. The summed E-state index contributed by atoms with van der Waals surface area (Å²) in [6, 6.07) is 11.4. The van der Waals surface area contributed by atoms with Crippen molar-refractivity contribution in [3.8, 4) is 0 Å². The number of rotatable bonds is 5. The summed E-state index contributed by atoms with van der Waals surface area (Å²) in [6.07, 6.45) is 1.81. The molecule has 1 aromatic carbocycles. The highest BCUT2D eigenvalue weighted by atomic mass is 32.1. The molecule has 0 spiro atoms. The van der Waals surface area contributed by atoms with Gasteiger partial charge in [-0.2, -0.15) is 18.2 Å². The Balaban J connectivity index is 1.49. The van der Waals surface area contributed by atoms with E-state index < -0.39 is 11.9 Å². The zero-order valence-electron chi connectivity index (χ0n) is 18.8. The van der Waals surface area contributed by atoms with Gasteiger partial charge in [-0.3, -0.25) is 0 Å². The van der Waals surface area contributed by atoms with E-state index in [-0.39, 0.29) is 22.3 Å². The van der Waals surface area contributed by atoms with Crippen LogP contribution in [0, 0.1) is 5.92 Å². The van der Waals surface area contributed by atoms with Gasteiger partial charge in [0.2, 0.25) is 5.95 Å². The quantitative estimate of drug-likeness (QED) is 0.553. The second kappa shape index (κ2) is 9.83. The zero-order valence-corrected chi connectivity index (χ0v) is 19.6. The zero-order chi connectivity index (χ0) is 23.5. The number of thiocarbonyl (C=S) groups is 1. The second-order valence-corrected chi connectivity index (χ2v) is 9.70. The Kier molecular flexibility index (Phi) is 7.07. The first-order valence-electron chi connectivity index (χ1n) is 11.6. The van der Waals surface area contributed by atoms with Gasteiger partial charge < -0.3 is 15.5 Å². The molecule has 2 aromatic rings. The van der Waals surface area contributed by atoms with Gasteiger partial charge in [-0.25, -0.2) is 4.98 Å². The van der Waals surface area contributed by atoms with Crippen LogP contribution >= 0.6 is 12.2 Å². The Morgan fingerprint density at radius 2 is 1.88 bits per heavy atom. The topological polar surface area (TPSA) is 53.1 Å². The molecule has 1 aliphatic heterocycles. The molecule has 2 fully saturated rings. The van der Waals surface area contributed by atoms with Crippen LogP contribution in [0.5, 0.6) is 0 Å². The molecule has 1 atom stereocenters. The molecule has 0 amide bonds. The molecular formula is C24H30F3N5S. The predicted octanol–water partition coefficient (Wildman–Crippen LogP) is 5.53. The van der Waals surface area contributed by atoms with Crippen molar-refractivity contribution in [2.24, 2.45) is 5.92 Å². The van der Waals surface area contributed by atoms with E-state index in [9.17, 15) is 13.2 Å². The van der Waals surface area contributed by atoms with Crippen molar-refractivity contribution in [2.45, 2.75) is 57.0 Å². The molecule has 1 aliphatic carbocycles. The molecule has 0 bridgehead atoms. The summed E-state index contributed by atoms with van der Waals surface area (Å²) in [5, 5.41) is 6.26. The van der Waals surface area contributed by atoms with E-state index in [0.717, 1.165) is 44.6 Å². The smallest absolute Gasteiger partial charge is 0.361 e. The fourth-order valence-corrected chi connectivity index (χ4v) is 5.16. The van der Waals surface area contributed by atoms with Gasteiger partial charge in [0, 0.05) is 31.1 Å². The highest BCUT2D eigenvalue weighted by molar-refractivity contribution is 7.80. The summed E-state index contributed by atoms with van der Waals surface area (Å²) in [7, 11) is 0. The van der Waals surface area contributed by atoms with Crippen LogP contribution in [0.3, 0.4) is 0 Å². The number of hydrogen-bond acceptors (Lipinski definition) is 4. The van der Waals surface area contributed by atoms with E-state index in [2.05, 4.69) is 39.7 Å². The number of aromatic nitrogens is 2. The maximum Gasteiger partial charge on any atom is 0.433 e. The van der Waals surface area contributed by atoms with Crippen molar-refractivity contribution in [2.75, 3.05) is 29.9 Å². The predicted molar refractivity (Wildman–Crippen MR) is 128 cm³/mol. The molecule has 4 rings (SSSR count). The molecule has 9 heteroatoms. The van der Waals surface area contributed by atoms with E-state index in [1.807, 2.05) is 23.1 Å². The normalized spacial score (nSPS) is 20.5. The number of nitrogens with one attached hydrogen (secondary N) is 2. The number of hydrogen-bond donors (Lipinski definition) is 2. The Hall–Kier alpha value is -2.42. The minimum absolute atomic E-state index is 0.0310. The van der Waals surface area contributed by atoms with Crippen LogP contribution in [-0.2, 0) is 11.6 Å². The lowest BCUT2D eigenvalue weighted by Crippen LogP contribution is -2.41. The van der Waals surface area contributed by atoms with Crippen LogP contribution in [0.4, 0.5) is 24.9 Å². The first kappa shape index (κ1) is 23.7. The number of anilines is 2. The van der Waals surface area contributed by atoms with Gasteiger partial charge in [0.15, 0.2) is 10.8 Å². The van der Waals surface area contributed by atoms with Gasteiger partial charge in [0.25, 0.3) is 0 Å². The SMILES string of the molecule is CC1CCCN(c2cc(C(F)(F)F)nc(NC(=S)NCC3(c4ccccc4)CCCC3)n2)C1. The molecule has 1 unspecified atom stereocenters. The van der Waals surface area contributed by atoms with Crippen LogP contribution in [0.15, 0.2) is 36.4 Å². The standard InChI is InChI=1S/C24H30F3N5S/c1-17-8-7-13-32(15-17)20-14-19(24(25,26)27)29-21(30-20)31-22(33)28-16-23(11-5-6-12-23)18-9-3-2-4-10-18/h2-4,9-10,14,17H,5-8,11-13,15-16H2,1H3,(H2,28,29,30,31,33). The third-order valence-electron chi connectivity index (χ3n) is 6.74. The molecule has 1 saturated carbocycles. The fraction of sp³-hybridized carbons (Fsp3) is 0.542. The van der Waals surface area contributed by atoms with E-state index in [1.54, 1.807) is 0 Å². The summed E-state index contributed by atoms with van der Waals surface area (Å²) < 4.78 is 40.6. The Morgan fingerprint density at radius 1 is 1.15 bits per heavy atom. The highest BCUT2D eigenvalue weighted by Gasteiger charge is 2.36. The number of piperidine rings is 1. The van der Waals surface area contributed by atoms with Gasteiger partial charge in [-0.1, -0.05) is 50.1 Å². The van der Waals surface area contributed by atoms with E-state index in [1.165, 1.54) is 5.56 Å². The number of alkyl halides is 3. The summed E-state index contributed by atoms with van der Waals surface area (Å²) in [6.45, 7) is 4.07. The van der Waals surface area contributed by atoms with Crippen LogP contribution in [0.1, 0.15) is 56.7 Å². The van der Waals surface area contributed by atoms with Gasteiger partial charge in [-0.15, -0.1) is 0 Å². The summed E-state index contributed by atoms with van der Waals surface area (Å²) >= 11 is 5.43. The molecule has 5 nitrogen and oxygen atoms in total. The van der Waals surface area contributed by atoms with Crippen LogP contribution in [0.25, 0.3) is 0 Å². The summed E-state index contributed by atoms with van der Waals surface area (Å²) in [5.41, 5.74) is 0.263. The lowest BCUT2D eigenvalue weighted by Gasteiger charge is -2.32. The molecule has 178 valence electrons. The van der Waals surface area contributed by atoms with Crippen molar-refractivity contribution in [1.82, 2.24) is 15.3 Å². The monoisotopic (exact) mass is 477 g/mol. The average molecular weight is 478 g/mol. The minimum Gasteiger partial charge on any atom is -0.361 e. The number of halogens is 3. The molecule has 1 aromatic heterocycles. The molecule has 2 aliphatic rings. The van der Waals surface area contributed by atoms with Crippen LogP contribution in [0.2, 0.25) is 0 Å². The Morgan fingerprint density at radius 3 is 2.55 bits per heavy atom. The molecule has 1 saturated heterocycles. The highest BCUT2D eigenvalue weighted by Crippen LogP contribution is 2.40. The maximum atomic E-state index is 13.5. The molecule has 2 heterocycles. The Bertz CT molecular complexity index is 960. The van der Waals surface area contributed by atoms with Crippen LogP contribution in [-0.4, -0.2) is 34.7 Å². The first-order valence-corrected chi connectivity index (χ1v) is 12.0. The lowest BCUT2D eigenvalue weighted by molar-refractivity contribution is -0.141. The third kappa shape index (κ3) is 5.75. The van der Waals surface area contributed by atoms with Crippen molar-refractivity contribution in [3.63, 3.8) is 0 Å². The van der Waals surface area contributed by atoms with Crippen molar-refractivity contribution >= 4 is 29.1 Å². The fourth-order valence-electron chi connectivity index (χ4n) is 5.00. The number of benzene rings is 1.